The molecule has 0 aliphatic heterocycles. The molecule has 3 rings (SSSR count). The largest absolute Gasteiger partial charge is 0.323 e. The highest BCUT2D eigenvalue weighted by molar-refractivity contribution is 9.10. The number of carbonyl (C=O) groups is 1. The van der Waals surface area contributed by atoms with Crippen LogP contribution in [0.5, 0.6) is 0 Å². The first-order valence-corrected chi connectivity index (χ1v) is 7.33. The number of hydrogen-bond acceptors (Lipinski definition) is 1. The Balaban J connectivity index is 1.85. The lowest BCUT2D eigenvalue weighted by molar-refractivity contribution is 0.262. The van der Waals surface area contributed by atoms with Crippen molar-refractivity contribution in [3.05, 3.63) is 71.2 Å². The molecule has 0 aliphatic rings. The molecule has 4 heteroatoms. The van der Waals surface area contributed by atoms with Crippen LogP contribution in [-0.2, 0) is 0 Å². The van der Waals surface area contributed by atoms with Crippen molar-refractivity contribution in [1.82, 2.24) is 0 Å². The molecule has 0 aromatic heterocycles. The molecule has 104 valence electrons. The maximum Gasteiger partial charge on any atom is 0.323 e. The third-order valence-corrected chi connectivity index (χ3v) is 3.84. The van der Waals surface area contributed by atoms with Crippen LogP contribution in [0, 0.1) is 0 Å². The van der Waals surface area contributed by atoms with Crippen molar-refractivity contribution >= 4 is 44.1 Å². The number of benzene rings is 3. The van der Waals surface area contributed by atoms with Crippen LogP contribution >= 0.6 is 15.9 Å². The van der Waals surface area contributed by atoms with E-state index < -0.39 is 0 Å². The lowest BCUT2D eigenvalue weighted by Crippen LogP contribution is -2.19. The van der Waals surface area contributed by atoms with Gasteiger partial charge in [0.25, 0.3) is 0 Å². The van der Waals surface area contributed by atoms with E-state index in [0.717, 1.165) is 26.6 Å². The Morgan fingerprint density at radius 1 is 0.762 bits per heavy atom. The Hall–Kier alpha value is -2.33. The standard InChI is InChI=1S/C17H13BrN2O/c18-15-10-11-16(14-9-5-4-8-13(14)15)20-17(21)19-12-6-2-1-3-7-12/h1-11H,(H2,19,20,21). The minimum atomic E-state index is -0.256. The molecule has 0 heterocycles. The molecule has 0 spiro atoms. The average molecular weight is 341 g/mol. The lowest BCUT2D eigenvalue weighted by Gasteiger charge is -2.11. The fourth-order valence-corrected chi connectivity index (χ4v) is 2.66. The highest BCUT2D eigenvalue weighted by Crippen LogP contribution is 2.29. The van der Waals surface area contributed by atoms with Crippen LogP contribution < -0.4 is 10.6 Å². The molecule has 0 radical (unpaired) electrons. The van der Waals surface area contributed by atoms with Gasteiger partial charge in [-0.3, -0.25) is 0 Å². The number of anilines is 2. The van der Waals surface area contributed by atoms with E-state index in [0.29, 0.717) is 0 Å². The van der Waals surface area contributed by atoms with E-state index in [9.17, 15) is 4.79 Å². The van der Waals surface area contributed by atoms with Crippen LogP contribution in [0.25, 0.3) is 10.8 Å². The summed E-state index contributed by atoms with van der Waals surface area (Å²) in [5.41, 5.74) is 1.54. The van der Waals surface area contributed by atoms with Gasteiger partial charge in [-0.25, -0.2) is 4.79 Å². The van der Waals surface area contributed by atoms with Crippen molar-refractivity contribution in [1.29, 1.82) is 0 Å². The number of halogens is 1. The molecule has 0 fully saturated rings. The third-order valence-electron chi connectivity index (χ3n) is 3.15. The monoisotopic (exact) mass is 340 g/mol. The summed E-state index contributed by atoms with van der Waals surface area (Å²) in [5.74, 6) is 0. The Kier molecular flexibility index (Phi) is 3.88. The number of urea groups is 1. The quantitative estimate of drug-likeness (QED) is 0.657. The Labute approximate surface area is 131 Å². The summed E-state index contributed by atoms with van der Waals surface area (Å²) in [6, 6.07) is 20.8. The molecule has 0 unspecified atom stereocenters. The molecule has 2 N–H and O–H groups in total. The van der Waals surface area contributed by atoms with Gasteiger partial charge < -0.3 is 10.6 Å². The normalized spacial score (nSPS) is 10.3. The van der Waals surface area contributed by atoms with Gasteiger partial charge in [0.1, 0.15) is 0 Å². The summed E-state index contributed by atoms with van der Waals surface area (Å²) < 4.78 is 1.01. The number of hydrogen-bond donors (Lipinski definition) is 2. The lowest BCUT2D eigenvalue weighted by atomic mass is 10.1. The number of nitrogens with one attached hydrogen (secondary N) is 2. The van der Waals surface area contributed by atoms with Crippen molar-refractivity contribution in [3.8, 4) is 0 Å². The topological polar surface area (TPSA) is 41.1 Å². The van der Waals surface area contributed by atoms with Crippen molar-refractivity contribution in [2.24, 2.45) is 0 Å². The molecule has 3 aromatic carbocycles. The van der Waals surface area contributed by atoms with E-state index in [1.165, 1.54) is 0 Å². The van der Waals surface area contributed by atoms with Crippen molar-refractivity contribution < 1.29 is 4.79 Å². The zero-order valence-corrected chi connectivity index (χ0v) is 12.7. The zero-order valence-electron chi connectivity index (χ0n) is 11.1. The van der Waals surface area contributed by atoms with Crippen LogP contribution in [0.2, 0.25) is 0 Å². The molecule has 0 saturated heterocycles. The number of carbonyl (C=O) groups excluding carboxylic acids is 1. The number of amides is 2. The van der Waals surface area contributed by atoms with Gasteiger partial charge in [-0.05, 0) is 29.7 Å². The van der Waals surface area contributed by atoms with Gasteiger partial charge in [0, 0.05) is 15.5 Å². The van der Waals surface area contributed by atoms with Crippen molar-refractivity contribution in [2.45, 2.75) is 0 Å². The van der Waals surface area contributed by atoms with Crippen LogP contribution in [0.1, 0.15) is 0 Å². The number of para-hydroxylation sites is 1. The fourth-order valence-electron chi connectivity index (χ4n) is 2.18. The molecule has 0 bridgehead atoms. The predicted octanol–water partition coefficient (Wildman–Crippen LogP) is 5.25. The van der Waals surface area contributed by atoms with Crippen LogP contribution in [0.3, 0.4) is 0 Å². The van der Waals surface area contributed by atoms with Crippen LogP contribution in [0.4, 0.5) is 16.2 Å². The van der Waals surface area contributed by atoms with E-state index in [1.54, 1.807) is 0 Å². The Morgan fingerprint density at radius 3 is 2.19 bits per heavy atom. The molecular weight excluding hydrogens is 328 g/mol. The summed E-state index contributed by atoms with van der Waals surface area (Å²) >= 11 is 3.52. The highest BCUT2D eigenvalue weighted by atomic mass is 79.9. The van der Waals surface area contributed by atoms with Gasteiger partial charge in [0.2, 0.25) is 0 Å². The Morgan fingerprint density at radius 2 is 1.43 bits per heavy atom. The predicted molar refractivity (Wildman–Crippen MR) is 90.7 cm³/mol. The summed E-state index contributed by atoms with van der Waals surface area (Å²) in [5, 5.41) is 7.76. The van der Waals surface area contributed by atoms with Crippen LogP contribution in [-0.4, -0.2) is 6.03 Å². The maximum absolute atomic E-state index is 12.1. The van der Waals surface area contributed by atoms with E-state index in [2.05, 4.69) is 26.6 Å². The SMILES string of the molecule is O=C(Nc1ccccc1)Nc1ccc(Br)c2ccccc12. The Bertz CT molecular complexity index is 787. The fraction of sp³-hybridized carbons (Fsp3) is 0. The average Bonchev–Trinajstić information content (AvgIpc) is 2.51. The molecule has 3 aromatic rings. The van der Waals surface area contributed by atoms with Crippen LogP contribution in [0.15, 0.2) is 71.2 Å². The molecule has 0 aliphatic carbocycles. The third kappa shape index (κ3) is 3.06. The maximum atomic E-state index is 12.1. The summed E-state index contributed by atoms with van der Waals surface area (Å²) in [4.78, 5) is 12.1. The van der Waals surface area contributed by atoms with E-state index >= 15 is 0 Å². The molecule has 21 heavy (non-hydrogen) atoms. The van der Waals surface area contributed by atoms with E-state index in [-0.39, 0.29) is 6.03 Å². The minimum absolute atomic E-state index is 0.256. The van der Waals surface area contributed by atoms with Gasteiger partial charge in [0.15, 0.2) is 0 Å². The van der Waals surface area contributed by atoms with Gasteiger partial charge >= 0.3 is 6.03 Å². The van der Waals surface area contributed by atoms with Gasteiger partial charge in [0.05, 0.1) is 5.69 Å². The summed E-state index contributed by atoms with van der Waals surface area (Å²) in [6.07, 6.45) is 0. The molecule has 0 atom stereocenters. The zero-order chi connectivity index (χ0) is 14.7. The van der Waals surface area contributed by atoms with E-state index in [1.807, 2.05) is 66.7 Å². The van der Waals surface area contributed by atoms with Crippen molar-refractivity contribution in [3.63, 3.8) is 0 Å². The first-order valence-electron chi connectivity index (χ1n) is 6.54. The highest BCUT2D eigenvalue weighted by Gasteiger charge is 2.07. The van der Waals surface area contributed by atoms with Gasteiger partial charge in [-0.1, -0.05) is 58.4 Å². The number of rotatable bonds is 2. The van der Waals surface area contributed by atoms with E-state index in [4.69, 9.17) is 0 Å². The number of fused-ring (bicyclic) bond motifs is 1. The second-order valence-electron chi connectivity index (χ2n) is 4.59. The smallest absolute Gasteiger partial charge is 0.308 e. The van der Waals surface area contributed by atoms with Gasteiger partial charge in [-0.15, -0.1) is 0 Å². The first kappa shape index (κ1) is 13.6. The summed E-state index contributed by atoms with van der Waals surface area (Å²) in [6.45, 7) is 0. The minimum Gasteiger partial charge on any atom is -0.308 e. The summed E-state index contributed by atoms with van der Waals surface area (Å²) in [7, 11) is 0. The molecular formula is C17H13BrN2O. The van der Waals surface area contributed by atoms with Gasteiger partial charge in [-0.2, -0.15) is 0 Å². The second-order valence-corrected chi connectivity index (χ2v) is 5.44. The van der Waals surface area contributed by atoms with Crippen molar-refractivity contribution in [2.75, 3.05) is 10.6 Å². The second kappa shape index (κ2) is 5.97. The molecule has 2 amide bonds. The first-order chi connectivity index (χ1) is 10.2. The molecule has 3 nitrogen and oxygen atoms in total. The molecule has 0 saturated carbocycles.